The number of carbonyl (C=O) groups excluding carboxylic acids is 3. The highest BCUT2D eigenvalue weighted by molar-refractivity contribution is 5.71. The molecule has 0 radical (unpaired) electrons. The number of carbonyl (C=O) groups is 3. The Balaban J connectivity index is 4.32. The molecular formula is C74H126O6. The molecule has 0 aromatic carbocycles. The Bertz CT molecular complexity index is 1610. The number of esters is 3. The number of rotatable bonds is 61. The van der Waals surface area contributed by atoms with Gasteiger partial charge in [-0.25, -0.2) is 0 Å². The molecule has 458 valence electrons. The van der Waals surface area contributed by atoms with Gasteiger partial charge in [-0.15, -0.1) is 0 Å². The topological polar surface area (TPSA) is 78.9 Å². The largest absolute Gasteiger partial charge is 0.462 e. The van der Waals surface area contributed by atoms with E-state index in [0.717, 1.165) is 116 Å². The van der Waals surface area contributed by atoms with Crippen LogP contribution in [0.4, 0.5) is 0 Å². The summed E-state index contributed by atoms with van der Waals surface area (Å²) in [5, 5.41) is 0. The van der Waals surface area contributed by atoms with Gasteiger partial charge in [0, 0.05) is 19.3 Å². The third-order valence-corrected chi connectivity index (χ3v) is 14.5. The zero-order valence-corrected chi connectivity index (χ0v) is 52.6. The lowest BCUT2D eigenvalue weighted by Gasteiger charge is -2.18. The standard InChI is InChI=1S/C74H126O6/c1-4-7-10-13-16-19-22-25-27-29-31-33-35-37-39-41-43-45-47-49-52-55-58-61-64-67-73(76)79-70-71(69-78-72(75)66-63-60-57-54-51-24-21-18-15-12-9-6-3)80-74(77)68-65-62-59-56-53-50-48-46-44-42-40-38-36-34-32-30-28-26-23-20-17-14-11-8-5-2/h7,10,16,18-19,21,23,25-27,30-33,36-39,71H,4-6,8-9,11-15,17,20,22,24,28-29,34-35,40-70H2,1-3H3/b10-7-,19-16-,21-18-,26-23-,27-25-,32-30-,33-31-,38-36-,39-37-. The van der Waals surface area contributed by atoms with Gasteiger partial charge in [0.15, 0.2) is 6.10 Å². The monoisotopic (exact) mass is 1110 g/mol. The molecule has 0 aliphatic rings. The lowest BCUT2D eigenvalue weighted by atomic mass is 10.0. The Kier molecular flexibility index (Phi) is 64.3. The average Bonchev–Trinajstić information content (AvgIpc) is 3.46. The Morgan fingerprint density at radius 3 is 0.800 bits per heavy atom. The summed E-state index contributed by atoms with van der Waals surface area (Å²) in [6.07, 6.45) is 92.4. The minimum absolute atomic E-state index is 0.0854. The van der Waals surface area contributed by atoms with Gasteiger partial charge in [-0.1, -0.05) is 284 Å². The molecule has 0 aromatic rings. The van der Waals surface area contributed by atoms with Gasteiger partial charge in [0.1, 0.15) is 13.2 Å². The zero-order valence-electron chi connectivity index (χ0n) is 52.6. The van der Waals surface area contributed by atoms with E-state index >= 15 is 0 Å². The maximum Gasteiger partial charge on any atom is 0.306 e. The van der Waals surface area contributed by atoms with Gasteiger partial charge in [-0.3, -0.25) is 14.4 Å². The van der Waals surface area contributed by atoms with Crippen LogP contribution in [0.1, 0.15) is 323 Å². The van der Waals surface area contributed by atoms with Crippen LogP contribution in [0.2, 0.25) is 0 Å². The Morgan fingerprint density at radius 2 is 0.487 bits per heavy atom. The first-order valence-corrected chi connectivity index (χ1v) is 33.9. The molecule has 80 heavy (non-hydrogen) atoms. The molecule has 0 rings (SSSR count). The van der Waals surface area contributed by atoms with E-state index < -0.39 is 6.10 Å². The molecule has 1 atom stereocenters. The van der Waals surface area contributed by atoms with E-state index in [0.29, 0.717) is 19.3 Å². The molecule has 1 unspecified atom stereocenters. The van der Waals surface area contributed by atoms with Crippen LogP contribution < -0.4 is 0 Å². The summed E-state index contributed by atoms with van der Waals surface area (Å²) in [6, 6.07) is 0. The summed E-state index contributed by atoms with van der Waals surface area (Å²) < 4.78 is 16.9. The van der Waals surface area contributed by atoms with Crippen LogP contribution in [0.15, 0.2) is 109 Å². The molecule has 6 heteroatoms. The van der Waals surface area contributed by atoms with Crippen LogP contribution in [0.25, 0.3) is 0 Å². The summed E-state index contributed by atoms with van der Waals surface area (Å²) in [5.41, 5.74) is 0. The van der Waals surface area contributed by atoms with Crippen molar-refractivity contribution < 1.29 is 28.6 Å². The molecule has 0 saturated heterocycles. The van der Waals surface area contributed by atoms with Gasteiger partial charge < -0.3 is 14.2 Å². The van der Waals surface area contributed by atoms with Crippen molar-refractivity contribution in [2.24, 2.45) is 0 Å². The van der Waals surface area contributed by atoms with Crippen molar-refractivity contribution in [3.05, 3.63) is 109 Å². The molecule has 0 spiro atoms. The quantitative estimate of drug-likeness (QED) is 0.0261. The zero-order chi connectivity index (χ0) is 57.8. The van der Waals surface area contributed by atoms with Gasteiger partial charge in [0.05, 0.1) is 0 Å². The summed E-state index contributed by atoms with van der Waals surface area (Å²) >= 11 is 0. The fourth-order valence-electron chi connectivity index (χ4n) is 9.41. The Hall–Kier alpha value is -3.93. The molecule has 6 nitrogen and oxygen atoms in total. The molecule has 0 saturated carbocycles. The molecule has 0 aromatic heterocycles. The SMILES string of the molecule is CC/C=C\C/C=C\C/C=C\C/C=C\C/C=C\CCCCCCCCCCCC(=O)OCC(COC(=O)CCCCCCC/C=C\CCCCC)OC(=O)CCCCCCCCCCCC/C=C\C/C=C\C/C=C\CCCCCCC. The smallest absolute Gasteiger partial charge is 0.306 e. The lowest BCUT2D eigenvalue weighted by molar-refractivity contribution is -0.167. The van der Waals surface area contributed by atoms with Crippen molar-refractivity contribution >= 4 is 17.9 Å². The normalized spacial score (nSPS) is 12.8. The molecule has 0 aliphatic heterocycles. The molecular weight excluding hydrogens is 985 g/mol. The maximum absolute atomic E-state index is 12.9. The summed E-state index contributed by atoms with van der Waals surface area (Å²) in [7, 11) is 0. The van der Waals surface area contributed by atoms with Crippen LogP contribution in [0.5, 0.6) is 0 Å². The predicted molar refractivity (Wildman–Crippen MR) is 348 cm³/mol. The summed E-state index contributed by atoms with van der Waals surface area (Å²) in [4.78, 5) is 38.4. The van der Waals surface area contributed by atoms with Crippen molar-refractivity contribution in [1.82, 2.24) is 0 Å². The van der Waals surface area contributed by atoms with Crippen LogP contribution in [0, 0.1) is 0 Å². The highest BCUT2D eigenvalue weighted by atomic mass is 16.6. The Labute approximate surface area is 495 Å². The van der Waals surface area contributed by atoms with Crippen LogP contribution >= 0.6 is 0 Å². The first kappa shape index (κ1) is 76.1. The number of hydrogen-bond donors (Lipinski definition) is 0. The van der Waals surface area contributed by atoms with Crippen LogP contribution in [0.3, 0.4) is 0 Å². The van der Waals surface area contributed by atoms with E-state index in [1.54, 1.807) is 0 Å². The second-order valence-corrected chi connectivity index (χ2v) is 22.3. The third-order valence-electron chi connectivity index (χ3n) is 14.5. The first-order chi connectivity index (χ1) is 39.5. The summed E-state index contributed by atoms with van der Waals surface area (Å²) in [6.45, 7) is 6.50. The number of ether oxygens (including phenoxy) is 3. The molecule has 0 fully saturated rings. The average molecular weight is 1110 g/mol. The van der Waals surface area contributed by atoms with E-state index in [-0.39, 0.29) is 31.1 Å². The summed E-state index contributed by atoms with van der Waals surface area (Å²) in [5.74, 6) is -0.895. The molecule has 0 aliphatic carbocycles. The van der Waals surface area contributed by atoms with Gasteiger partial charge in [-0.05, 0) is 128 Å². The van der Waals surface area contributed by atoms with E-state index in [4.69, 9.17) is 14.2 Å². The molecule has 0 bridgehead atoms. The van der Waals surface area contributed by atoms with Crippen molar-refractivity contribution in [3.63, 3.8) is 0 Å². The minimum atomic E-state index is -0.789. The number of hydrogen-bond acceptors (Lipinski definition) is 6. The van der Waals surface area contributed by atoms with E-state index in [1.807, 2.05) is 0 Å². The lowest BCUT2D eigenvalue weighted by Crippen LogP contribution is -2.30. The predicted octanol–water partition coefficient (Wildman–Crippen LogP) is 23.4. The minimum Gasteiger partial charge on any atom is -0.462 e. The fourth-order valence-corrected chi connectivity index (χ4v) is 9.41. The van der Waals surface area contributed by atoms with E-state index in [2.05, 4.69) is 130 Å². The fraction of sp³-hybridized carbons (Fsp3) is 0.716. The van der Waals surface area contributed by atoms with Crippen LogP contribution in [-0.4, -0.2) is 37.2 Å². The second kappa shape index (κ2) is 67.6. The van der Waals surface area contributed by atoms with Gasteiger partial charge >= 0.3 is 17.9 Å². The number of unbranched alkanes of at least 4 members (excludes halogenated alkanes) is 32. The molecule has 0 heterocycles. The van der Waals surface area contributed by atoms with E-state index in [1.165, 1.54) is 167 Å². The van der Waals surface area contributed by atoms with Gasteiger partial charge in [0.2, 0.25) is 0 Å². The van der Waals surface area contributed by atoms with E-state index in [9.17, 15) is 14.4 Å². The van der Waals surface area contributed by atoms with Crippen LogP contribution in [-0.2, 0) is 28.6 Å². The van der Waals surface area contributed by atoms with Crippen molar-refractivity contribution in [3.8, 4) is 0 Å². The second-order valence-electron chi connectivity index (χ2n) is 22.3. The highest BCUT2D eigenvalue weighted by Gasteiger charge is 2.19. The van der Waals surface area contributed by atoms with Gasteiger partial charge in [0.25, 0.3) is 0 Å². The maximum atomic E-state index is 12.9. The van der Waals surface area contributed by atoms with Gasteiger partial charge in [-0.2, -0.15) is 0 Å². The Morgan fingerprint density at radius 1 is 0.263 bits per heavy atom. The number of allylic oxidation sites excluding steroid dienone is 18. The van der Waals surface area contributed by atoms with Crippen molar-refractivity contribution in [2.75, 3.05) is 13.2 Å². The molecule has 0 amide bonds. The first-order valence-electron chi connectivity index (χ1n) is 33.9. The highest BCUT2D eigenvalue weighted by Crippen LogP contribution is 2.16. The van der Waals surface area contributed by atoms with Crippen molar-refractivity contribution in [1.29, 1.82) is 0 Å². The molecule has 0 N–H and O–H groups in total. The third kappa shape index (κ3) is 64.9. The van der Waals surface area contributed by atoms with Crippen molar-refractivity contribution in [2.45, 2.75) is 329 Å².